The zero-order valence-electron chi connectivity index (χ0n) is 8.97. The molecule has 2 atom stereocenters. The van der Waals surface area contributed by atoms with Gasteiger partial charge in [-0.3, -0.25) is 9.69 Å². The third-order valence-corrected chi connectivity index (χ3v) is 3.46. The van der Waals surface area contributed by atoms with Crippen molar-refractivity contribution in [1.82, 2.24) is 10.2 Å². The molecule has 0 unspecified atom stereocenters. The number of aliphatic hydroxyl groups is 2. The number of Topliss-reactive ketones (excluding diaryl/α,β-unsaturated/α-hetero) is 1. The molecule has 0 spiro atoms. The highest BCUT2D eigenvalue weighted by atomic mass is 16.4. The van der Waals surface area contributed by atoms with Gasteiger partial charge in [-0.25, -0.2) is 4.79 Å². The Balaban J connectivity index is 2.33. The van der Waals surface area contributed by atoms with Crippen LogP contribution in [0.15, 0.2) is 24.3 Å². The Morgan fingerprint density at radius 3 is 2.59 bits per heavy atom. The van der Waals surface area contributed by atoms with Crippen LogP contribution < -0.4 is 5.32 Å². The summed E-state index contributed by atoms with van der Waals surface area (Å²) in [6, 6.07) is 5.57. The lowest BCUT2D eigenvalue weighted by atomic mass is 10.0. The second-order valence-corrected chi connectivity index (χ2v) is 4.25. The van der Waals surface area contributed by atoms with Crippen molar-refractivity contribution in [3.05, 3.63) is 35.4 Å². The minimum atomic E-state index is -2.27. The van der Waals surface area contributed by atoms with Gasteiger partial charge in [-0.1, -0.05) is 24.3 Å². The minimum absolute atomic E-state index is 0.212. The summed E-state index contributed by atoms with van der Waals surface area (Å²) in [6.07, 6.45) is 0. The van der Waals surface area contributed by atoms with Gasteiger partial charge in [0.1, 0.15) is 0 Å². The van der Waals surface area contributed by atoms with E-state index in [4.69, 9.17) is 0 Å². The van der Waals surface area contributed by atoms with Gasteiger partial charge in [0.15, 0.2) is 0 Å². The van der Waals surface area contributed by atoms with Crippen LogP contribution in [0.2, 0.25) is 0 Å². The predicted octanol–water partition coefficient (Wildman–Crippen LogP) is -0.628. The van der Waals surface area contributed by atoms with Crippen LogP contribution in [0.4, 0.5) is 4.79 Å². The van der Waals surface area contributed by atoms with E-state index < -0.39 is 23.3 Å². The van der Waals surface area contributed by atoms with Gasteiger partial charge in [0, 0.05) is 18.2 Å². The second kappa shape index (κ2) is 2.66. The number of ketones is 1. The summed E-state index contributed by atoms with van der Waals surface area (Å²) < 4.78 is 0. The van der Waals surface area contributed by atoms with Crippen molar-refractivity contribution in [2.24, 2.45) is 0 Å². The van der Waals surface area contributed by atoms with Gasteiger partial charge in [0.2, 0.25) is 11.5 Å². The Morgan fingerprint density at radius 2 is 1.88 bits per heavy atom. The maximum atomic E-state index is 12.1. The van der Waals surface area contributed by atoms with Crippen LogP contribution in [0.1, 0.15) is 15.9 Å². The number of benzene rings is 1. The lowest BCUT2D eigenvalue weighted by Crippen LogP contribution is -2.58. The van der Waals surface area contributed by atoms with Crippen LogP contribution >= 0.6 is 0 Å². The first-order chi connectivity index (χ1) is 7.93. The molecule has 0 aromatic heterocycles. The average Bonchev–Trinajstić information content (AvgIpc) is 2.60. The number of nitrogens with zero attached hydrogens (tertiary/aromatic N) is 1. The van der Waals surface area contributed by atoms with Gasteiger partial charge >= 0.3 is 6.03 Å². The van der Waals surface area contributed by atoms with E-state index in [1.807, 2.05) is 0 Å². The second-order valence-electron chi connectivity index (χ2n) is 4.25. The standard InChI is InChI=1S/C11H10N2O4/c1-13-9(15)12-10(16)7-5-3-2-4-6(7)8(14)11(10,13)17/h2-5,16-17H,1H3,(H,12,15)/t10-,11-/m0/s1. The van der Waals surface area contributed by atoms with E-state index in [0.29, 0.717) is 0 Å². The highest BCUT2D eigenvalue weighted by molar-refractivity contribution is 6.11. The molecule has 1 aromatic carbocycles. The molecular formula is C11H10N2O4. The van der Waals surface area contributed by atoms with Gasteiger partial charge in [-0.05, 0) is 0 Å². The number of likely N-dealkylation sites (N-methyl/N-ethyl adjacent to an activating group) is 1. The summed E-state index contributed by atoms with van der Waals surface area (Å²) in [5, 5.41) is 23.0. The van der Waals surface area contributed by atoms with Crippen molar-refractivity contribution in [1.29, 1.82) is 0 Å². The van der Waals surface area contributed by atoms with Crippen molar-refractivity contribution in [2.45, 2.75) is 11.4 Å². The molecule has 1 aromatic rings. The largest absolute Gasteiger partial charge is 0.363 e. The number of fused-ring (bicyclic) bond motifs is 3. The summed E-state index contributed by atoms with van der Waals surface area (Å²) >= 11 is 0. The highest BCUT2D eigenvalue weighted by Crippen LogP contribution is 2.47. The number of nitrogens with one attached hydrogen (secondary N) is 1. The molecular weight excluding hydrogens is 224 g/mol. The summed E-state index contributed by atoms with van der Waals surface area (Å²) in [5.74, 6) is -0.684. The van der Waals surface area contributed by atoms with Gasteiger partial charge in [-0.15, -0.1) is 0 Å². The predicted molar refractivity (Wildman–Crippen MR) is 55.9 cm³/mol. The zero-order valence-corrected chi connectivity index (χ0v) is 8.97. The molecule has 1 saturated heterocycles. The molecule has 1 aliphatic carbocycles. The fraction of sp³-hybridized carbons (Fsp3) is 0.273. The van der Waals surface area contributed by atoms with E-state index in [9.17, 15) is 19.8 Å². The third-order valence-electron chi connectivity index (χ3n) is 3.46. The molecule has 6 nitrogen and oxygen atoms in total. The van der Waals surface area contributed by atoms with Gasteiger partial charge in [0.25, 0.3) is 5.72 Å². The quantitative estimate of drug-likeness (QED) is 0.557. The lowest BCUT2D eigenvalue weighted by molar-refractivity contribution is -0.158. The van der Waals surface area contributed by atoms with Crippen LogP contribution in [0, 0.1) is 0 Å². The summed E-state index contributed by atoms with van der Waals surface area (Å²) in [5.41, 5.74) is -3.92. The molecule has 1 fully saturated rings. The molecule has 3 N–H and O–H groups in total. The molecule has 1 aliphatic heterocycles. The van der Waals surface area contributed by atoms with E-state index in [0.717, 1.165) is 4.90 Å². The van der Waals surface area contributed by atoms with Crippen molar-refractivity contribution in [2.75, 3.05) is 7.05 Å². The van der Waals surface area contributed by atoms with Crippen LogP contribution in [0.25, 0.3) is 0 Å². The van der Waals surface area contributed by atoms with E-state index in [-0.39, 0.29) is 11.1 Å². The van der Waals surface area contributed by atoms with Crippen LogP contribution in [-0.2, 0) is 5.72 Å². The highest BCUT2D eigenvalue weighted by Gasteiger charge is 2.71. The Labute approximate surface area is 96.5 Å². The van der Waals surface area contributed by atoms with E-state index in [1.54, 1.807) is 12.1 Å². The van der Waals surface area contributed by atoms with Crippen LogP contribution in [0.5, 0.6) is 0 Å². The zero-order chi connectivity index (χ0) is 12.4. The monoisotopic (exact) mass is 234 g/mol. The third kappa shape index (κ3) is 0.853. The molecule has 0 radical (unpaired) electrons. The topological polar surface area (TPSA) is 89.9 Å². The number of hydrogen-bond acceptors (Lipinski definition) is 4. The molecule has 0 saturated carbocycles. The number of urea groups is 1. The minimum Gasteiger partial charge on any atom is -0.363 e. The molecule has 3 rings (SSSR count). The summed E-state index contributed by atoms with van der Waals surface area (Å²) in [6.45, 7) is 0. The number of hydrogen-bond donors (Lipinski definition) is 3. The van der Waals surface area contributed by atoms with Gasteiger partial charge in [0.05, 0.1) is 0 Å². The summed E-state index contributed by atoms with van der Waals surface area (Å²) in [4.78, 5) is 24.4. The first-order valence-electron chi connectivity index (χ1n) is 5.08. The molecule has 1 heterocycles. The molecule has 6 heteroatoms. The fourth-order valence-electron chi connectivity index (χ4n) is 2.47. The molecule has 2 amide bonds. The van der Waals surface area contributed by atoms with E-state index in [1.165, 1.54) is 19.2 Å². The van der Waals surface area contributed by atoms with Gasteiger partial charge < -0.3 is 15.5 Å². The van der Waals surface area contributed by atoms with Crippen molar-refractivity contribution in [3.8, 4) is 0 Å². The smallest absolute Gasteiger partial charge is 0.322 e. The number of rotatable bonds is 0. The molecule has 88 valence electrons. The SMILES string of the molecule is CN1C(=O)N[C@]2(O)c3ccccc3C(=O)[C@@]12O. The number of carbonyl (C=O) groups excluding carboxylic acids is 2. The maximum Gasteiger partial charge on any atom is 0.322 e. The maximum absolute atomic E-state index is 12.1. The fourth-order valence-corrected chi connectivity index (χ4v) is 2.47. The van der Waals surface area contributed by atoms with Crippen molar-refractivity contribution < 1.29 is 19.8 Å². The first kappa shape index (κ1) is 10.2. The van der Waals surface area contributed by atoms with Gasteiger partial charge in [-0.2, -0.15) is 0 Å². The van der Waals surface area contributed by atoms with Crippen molar-refractivity contribution in [3.63, 3.8) is 0 Å². The van der Waals surface area contributed by atoms with E-state index in [2.05, 4.69) is 5.32 Å². The summed E-state index contributed by atoms with van der Waals surface area (Å²) in [7, 11) is 1.26. The van der Waals surface area contributed by atoms with Crippen LogP contribution in [-0.4, -0.2) is 39.7 Å². The Kier molecular flexibility index (Phi) is 1.60. The first-order valence-corrected chi connectivity index (χ1v) is 5.08. The normalized spacial score (nSPS) is 34.6. The lowest BCUT2D eigenvalue weighted by Gasteiger charge is -2.31. The van der Waals surface area contributed by atoms with E-state index >= 15 is 0 Å². The van der Waals surface area contributed by atoms with Crippen molar-refractivity contribution >= 4 is 11.8 Å². The Hall–Kier alpha value is -1.92. The Morgan fingerprint density at radius 1 is 1.24 bits per heavy atom. The molecule has 2 aliphatic rings. The number of carbonyl (C=O) groups is 2. The Bertz CT molecular complexity index is 558. The van der Waals surface area contributed by atoms with Crippen LogP contribution in [0.3, 0.4) is 0 Å². The molecule has 17 heavy (non-hydrogen) atoms. The average molecular weight is 234 g/mol. The molecule has 0 bridgehead atoms. The number of amides is 2.